The maximum Gasteiger partial charge on any atom is 0.228 e. The maximum absolute atomic E-state index is 12.7. The van der Waals surface area contributed by atoms with Crippen molar-refractivity contribution in [2.24, 2.45) is 5.92 Å². The first-order chi connectivity index (χ1) is 11.2. The van der Waals surface area contributed by atoms with Gasteiger partial charge in [-0.25, -0.2) is 0 Å². The van der Waals surface area contributed by atoms with Crippen molar-refractivity contribution in [1.82, 2.24) is 10.2 Å². The Balaban J connectivity index is 1.55. The molecule has 23 heavy (non-hydrogen) atoms. The van der Waals surface area contributed by atoms with E-state index in [1.165, 1.54) is 0 Å². The van der Waals surface area contributed by atoms with Gasteiger partial charge in [-0.2, -0.15) is 0 Å². The van der Waals surface area contributed by atoms with Crippen LogP contribution in [0.1, 0.15) is 30.9 Å². The van der Waals surface area contributed by atoms with Crippen LogP contribution in [0.5, 0.6) is 11.5 Å². The molecule has 0 radical (unpaired) electrons. The predicted octanol–water partition coefficient (Wildman–Crippen LogP) is 1.26. The topological polar surface area (TPSA) is 67.9 Å². The largest absolute Gasteiger partial charge is 0.486 e. The molecule has 2 saturated heterocycles. The monoisotopic (exact) mass is 316 g/mol. The Morgan fingerprint density at radius 2 is 2.04 bits per heavy atom. The Hall–Kier alpha value is -2.24. The van der Waals surface area contributed by atoms with Crippen LogP contribution in [0, 0.1) is 5.92 Å². The third-order valence-corrected chi connectivity index (χ3v) is 4.81. The Bertz CT molecular complexity index is 645. The summed E-state index contributed by atoms with van der Waals surface area (Å²) in [6.07, 6.45) is 2.24. The fraction of sp³-hybridized carbons (Fsp3) is 0.529. The maximum atomic E-state index is 12.7. The molecule has 6 heteroatoms. The number of likely N-dealkylation sites (tertiary alicyclic amines) is 1. The molecule has 4 rings (SSSR count). The average molecular weight is 316 g/mol. The van der Waals surface area contributed by atoms with Crippen LogP contribution >= 0.6 is 0 Å². The van der Waals surface area contributed by atoms with Gasteiger partial charge in [0.2, 0.25) is 11.8 Å². The summed E-state index contributed by atoms with van der Waals surface area (Å²) in [6.45, 7) is 2.34. The molecule has 6 nitrogen and oxygen atoms in total. The van der Waals surface area contributed by atoms with Gasteiger partial charge in [0.25, 0.3) is 0 Å². The number of carbonyl (C=O) groups excluding carboxylic acids is 2. The lowest BCUT2D eigenvalue weighted by molar-refractivity contribution is -0.136. The van der Waals surface area contributed by atoms with Crippen LogP contribution in [0.3, 0.4) is 0 Å². The van der Waals surface area contributed by atoms with Gasteiger partial charge >= 0.3 is 0 Å². The van der Waals surface area contributed by atoms with Gasteiger partial charge in [0.05, 0.1) is 12.0 Å². The van der Waals surface area contributed by atoms with Crippen molar-refractivity contribution in [3.63, 3.8) is 0 Å². The minimum Gasteiger partial charge on any atom is -0.486 e. The van der Waals surface area contributed by atoms with Crippen molar-refractivity contribution in [3.05, 3.63) is 23.8 Å². The van der Waals surface area contributed by atoms with Gasteiger partial charge in [-0.1, -0.05) is 6.07 Å². The lowest BCUT2D eigenvalue weighted by Gasteiger charge is -2.28. The minimum atomic E-state index is -0.222. The molecule has 1 N–H and O–H groups in total. The summed E-state index contributed by atoms with van der Waals surface area (Å²) in [4.78, 5) is 26.0. The van der Waals surface area contributed by atoms with Crippen LogP contribution in [0.25, 0.3) is 0 Å². The smallest absolute Gasteiger partial charge is 0.228 e. The molecular weight excluding hydrogens is 296 g/mol. The third-order valence-electron chi connectivity index (χ3n) is 4.81. The Morgan fingerprint density at radius 3 is 2.83 bits per heavy atom. The fourth-order valence-corrected chi connectivity index (χ4v) is 3.66. The third kappa shape index (κ3) is 2.62. The van der Waals surface area contributed by atoms with Gasteiger partial charge in [0.15, 0.2) is 11.5 Å². The molecule has 0 bridgehead atoms. The number of hydrogen-bond acceptors (Lipinski definition) is 4. The van der Waals surface area contributed by atoms with E-state index < -0.39 is 0 Å². The van der Waals surface area contributed by atoms with Crippen LogP contribution in [0.2, 0.25) is 0 Å². The highest BCUT2D eigenvalue weighted by Gasteiger charge is 2.37. The molecule has 2 unspecified atom stereocenters. The highest BCUT2D eigenvalue weighted by molar-refractivity contribution is 5.89. The van der Waals surface area contributed by atoms with E-state index in [4.69, 9.17) is 9.47 Å². The number of carbonyl (C=O) groups is 2. The summed E-state index contributed by atoms with van der Waals surface area (Å²) in [5.74, 6) is 1.35. The Morgan fingerprint density at radius 1 is 1.22 bits per heavy atom. The number of amides is 2. The molecule has 0 saturated carbocycles. The second-order valence-electron chi connectivity index (χ2n) is 6.30. The predicted molar refractivity (Wildman–Crippen MR) is 82.2 cm³/mol. The summed E-state index contributed by atoms with van der Waals surface area (Å²) >= 11 is 0. The summed E-state index contributed by atoms with van der Waals surface area (Å²) in [5.41, 5.74) is 1.08. The van der Waals surface area contributed by atoms with E-state index in [1.54, 1.807) is 0 Å². The molecule has 2 fully saturated rings. The first-order valence-electron chi connectivity index (χ1n) is 8.19. The second-order valence-corrected chi connectivity index (χ2v) is 6.30. The molecule has 1 aromatic rings. The van der Waals surface area contributed by atoms with Crippen molar-refractivity contribution in [2.45, 2.75) is 25.3 Å². The normalized spacial score (nSPS) is 26.3. The van der Waals surface area contributed by atoms with Crippen LogP contribution < -0.4 is 14.8 Å². The van der Waals surface area contributed by atoms with Crippen molar-refractivity contribution in [3.8, 4) is 11.5 Å². The van der Waals surface area contributed by atoms with Crippen LogP contribution in [-0.2, 0) is 9.59 Å². The standard InChI is InChI=1S/C17H20N2O4/c20-16-9-12(10-18-16)17(21)19-5-1-2-13(19)11-3-4-14-15(8-11)23-7-6-22-14/h3-4,8,12-13H,1-2,5-7,9-10H2,(H,18,20). The number of hydrogen-bond donors (Lipinski definition) is 1. The Labute approximate surface area is 134 Å². The molecule has 0 aliphatic carbocycles. The molecule has 3 aliphatic rings. The van der Waals surface area contributed by atoms with E-state index in [1.807, 2.05) is 23.1 Å². The number of fused-ring (bicyclic) bond motifs is 1. The molecule has 122 valence electrons. The molecule has 2 atom stereocenters. The van der Waals surface area contributed by atoms with E-state index in [9.17, 15) is 9.59 Å². The van der Waals surface area contributed by atoms with Crippen molar-refractivity contribution in [1.29, 1.82) is 0 Å². The van der Waals surface area contributed by atoms with E-state index in [0.717, 1.165) is 36.4 Å². The highest BCUT2D eigenvalue weighted by Crippen LogP contribution is 2.38. The molecule has 3 aliphatic heterocycles. The lowest BCUT2D eigenvalue weighted by atomic mass is 10.0. The van der Waals surface area contributed by atoms with Gasteiger partial charge in [-0.3, -0.25) is 9.59 Å². The fourth-order valence-electron chi connectivity index (χ4n) is 3.66. The van der Waals surface area contributed by atoms with Crippen LogP contribution in [0.4, 0.5) is 0 Å². The van der Waals surface area contributed by atoms with Crippen molar-refractivity contribution >= 4 is 11.8 Å². The molecule has 3 heterocycles. The molecule has 0 aromatic heterocycles. The summed E-state index contributed by atoms with van der Waals surface area (Å²) in [6, 6.07) is 5.99. The summed E-state index contributed by atoms with van der Waals surface area (Å²) < 4.78 is 11.2. The molecule has 2 amide bonds. The number of nitrogens with one attached hydrogen (secondary N) is 1. The first-order valence-corrected chi connectivity index (χ1v) is 8.19. The van der Waals surface area contributed by atoms with Gasteiger partial charge in [-0.15, -0.1) is 0 Å². The molecule has 0 spiro atoms. The minimum absolute atomic E-state index is 0.0292. The van der Waals surface area contributed by atoms with Crippen LogP contribution in [-0.4, -0.2) is 43.0 Å². The zero-order valence-corrected chi connectivity index (χ0v) is 12.9. The zero-order valence-electron chi connectivity index (χ0n) is 12.9. The summed E-state index contributed by atoms with van der Waals surface area (Å²) in [5, 5.41) is 2.75. The van der Waals surface area contributed by atoms with Gasteiger partial charge < -0.3 is 19.7 Å². The number of rotatable bonds is 2. The van der Waals surface area contributed by atoms with Gasteiger partial charge in [-0.05, 0) is 30.5 Å². The number of benzene rings is 1. The van der Waals surface area contributed by atoms with Gasteiger partial charge in [0.1, 0.15) is 13.2 Å². The molecule has 1 aromatic carbocycles. The average Bonchev–Trinajstić information content (AvgIpc) is 3.23. The van der Waals surface area contributed by atoms with Crippen molar-refractivity contribution < 1.29 is 19.1 Å². The second kappa shape index (κ2) is 5.76. The highest BCUT2D eigenvalue weighted by atomic mass is 16.6. The van der Waals surface area contributed by atoms with E-state index in [0.29, 0.717) is 26.2 Å². The first kappa shape index (κ1) is 14.4. The number of ether oxygens (including phenoxy) is 2. The Kier molecular flexibility index (Phi) is 3.59. The summed E-state index contributed by atoms with van der Waals surface area (Å²) in [7, 11) is 0. The van der Waals surface area contributed by atoms with Crippen LogP contribution in [0.15, 0.2) is 18.2 Å². The van der Waals surface area contributed by atoms with E-state index in [-0.39, 0.29) is 23.8 Å². The molecular formula is C17H20N2O4. The zero-order chi connectivity index (χ0) is 15.8. The van der Waals surface area contributed by atoms with Gasteiger partial charge in [0, 0.05) is 19.5 Å². The number of nitrogens with zero attached hydrogens (tertiary/aromatic N) is 1. The van der Waals surface area contributed by atoms with Crippen molar-refractivity contribution in [2.75, 3.05) is 26.3 Å². The lowest BCUT2D eigenvalue weighted by Crippen LogP contribution is -2.36. The quantitative estimate of drug-likeness (QED) is 0.892. The van der Waals surface area contributed by atoms with E-state index in [2.05, 4.69) is 5.32 Å². The SMILES string of the molecule is O=C1CC(C(=O)N2CCCC2c2ccc3c(c2)OCCO3)CN1. The van der Waals surface area contributed by atoms with E-state index >= 15 is 0 Å².